The molecule has 0 aromatic heterocycles. The van der Waals surface area contributed by atoms with Crippen LogP contribution in [0.25, 0.3) is 0 Å². The van der Waals surface area contributed by atoms with Gasteiger partial charge in [0.2, 0.25) is 0 Å². The molecule has 1 saturated carbocycles. The number of carbonyl (C=O) groups excluding carboxylic acids is 1. The van der Waals surface area contributed by atoms with E-state index in [0.29, 0.717) is 23.8 Å². The molecule has 0 atom stereocenters. The van der Waals surface area contributed by atoms with Crippen LogP contribution in [0.1, 0.15) is 23.2 Å². The van der Waals surface area contributed by atoms with Crippen molar-refractivity contribution < 1.29 is 14.6 Å². The molecular formula is C14H18BrNO3. The zero-order valence-electron chi connectivity index (χ0n) is 11.1. The van der Waals surface area contributed by atoms with Crippen molar-refractivity contribution in [1.29, 1.82) is 0 Å². The fraction of sp³-hybridized carbons (Fsp3) is 0.500. The summed E-state index contributed by atoms with van der Waals surface area (Å²) in [4.78, 5) is 14.1. The highest BCUT2D eigenvalue weighted by molar-refractivity contribution is 9.10. The predicted molar refractivity (Wildman–Crippen MR) is 76.4 cm³/mol. The minimum atomic E-state index is -0.183. The monoisotopic (exact) mass is 327 g/mol. The molecule has 1 aliphatic carbocycles. The number of methoxy groups -OCH3 is 1. The molecular weight excluding hydrogens is 310 g/mol. The SMILES string of the molecule is COc1ccc(Br)c(C(=O)N(C)CC2CC(O)C2)c1. The molecule has 1 fully saturated rings. The number of hydrogen-bond acceptors (Lipinski definition) is 3. The largest absolute Gasteiger partial charge is 0.497 e. The molecule has 1 aliphatic rings. The van der Waals surface area contributed by atoms with E-state index in [4.69, 9.17) is 4.74 Å². The van der Waals surface area contributed by atoms with E-state index < -0.39 is 0 Å². The van der Waals surface area contributed by atoms with Crippen LogP contribution in [-0.4, -0.2) is 42.7 Å². The molecule has 1 N–H and O–H groups in total. The first-order chi connectivity index (χ1) is 9.01. The highest BCUT2D eigenvalue weighted by Gasteiger charge is 2.29. The van der Waals surface area contributed by atoms with Crippen molar-refractivity contribution in [3.63, 3.8) is 0 Å². The van der Waals surface area contributed by atoms with Gasteiger partial charge in [0.1, 0.15) is 5.75 Å². The average molecular weight is 328 g/mol. The Morgan fingerprint density at radius 3 is 2.79 bits per heavy atom. The second-order valence-electron chi connectivity index (χ2n) is 5.02. The molecule has 0 saturated heterocycles. The summed E-state index contributed by atoms with van der Waals surface area (Å²) in [5.74, 6) is 1.04. The first-order valence-corrected chi connectivity index (χ1v) is 7.07. The van der Waals surface area contributed by atoms with Gasteiger partial charge in [0.25, 0.3) is 5.91 Å². The summed E-state index contributed by atoms with van der Waals surface area (Å²) in [7, 11) is 3.37. The van der Waals surface area contributed by atoms with E-state index in [1.54, 1.807) is 25.1 Å². The van der Waals surface area contributed by atoms with Gasteiger partial charge in [-0.15, -0.1) is 0 Å². The van der Waals surface area contributed by atoms with Gasteiger partial charge in [-0.05, 0) is 52.9 Å². The van der Waals surface area contributed by atoms with Gasteiger partial charge in [0, 0.05) is 18.1 Å². The zero-order chi connectivity index (χ0) is 14.0. The van der Waals surface area contributed by atoms with Crippen LogP contribution < -0.4 is 4.74 Å². The van der Waals surface area contributed by atoms with Gasteiger partial charge in [-0.3, -0.25) is 4.79 Å². The number of carbonyl (C=O) groups is 1. The molecule has 104 valence electrons. The molecule has 0 aliphatic heterocycles. The number of ether oxygens (including phenoxy) is 1. The van der Waals surface area contributed by atoms with E-state index in [-0.39, 0.29) is 12.0 Å². The quantitative estimate of drug-likeness (QED) is 0.923. The minimum Gasteiger partial charge on any atom is -0.497 e. The number of halogens is 1. The standard InChI is InChI=1S/C14H18BrNO3/c1-16(8-9-5-10(17)6-9)14(18)12-7-11(19-2)3-4-13(12)15/h3-4,7,9-10,17H,5-6,8H2,1-2H3. The molecule has 5 heteroatoms. The molecule has 19 heavy (non-hydrogen) atoms. The first kappa shape index (κ1) is 14.3. The summed E-state index contributed by atoms with van der Waals surface area (Å²) in [6.45, 7) is 0.680. The van der Waals surface area contributed by atoms with Crippen LogP contribution in [-0.2, 0) is 0 Å². The average Bonchev–Trinajstić information content (AvgIpc) is 2.36. The predicted octanol–water partition coefficient (Wildman–Crippen LogP) is 2.30. The van der Waals surface area contributed by atoms with E-state index in [2.05, 4.69) is 15.9 Å². The number of rotatable bonds is 4. The second kappa shape index (κ2) is 5.92. The fourth-order valence-corrected chi connectivity index (χ4v) is 2.74. The van der Waals surface area contributed by atoms with Gasteiger partial charge < -0.3 is 14.7 Å². The van der Waals surface area contributed by atoms with Gasteiger partial charge in [0.05, 0.1) is 18.8 Å². The molecule has 1 amide bonds. The first-order valence-electron chi connectivity index (χ1n) is 6.28. The summed E-state index contributed by atoms with van der Waals surface area (Å²) in [5, 5.41) is 9.27. The van der Waals surface area contributed by atoms with E-state index in [1.807, 2.05) is 12.1 Å². The second-order valence-corrected chi connectivity index (χ2v) is 5.88. The van der Waals surface area contributed by atoms with Gasteiger partial charge in [-0.25, -0.2) is 0 Å². The van der Waals surface area contributed by atoms with Crippen molar-refractivity contribution in [2.45, 2.75) is 18.9 Å². The van der Waals surface area contributed by atoms with Gasteiger partial charge in [-0.2, -0.15) is 0 Å². The molecule has 2 rings (SSSR count). The minimum absolute atomic E-state index is 0.0350. The van der Waals surface area contributed by atoms with Crippen molar-refractivity contribution in [2.24, 2.45) is 5.92 Å². The summed E-state index contributed by atoms with van der Waals surface area (Å²) < 4.78 is 5.91. The van der Waals surface area contributed by atoms with Crippen LogP contribution in [0, 0.1) is 5.92 Å². The topological polar surface area (TPSA) is 49.8 Å². The Hall–Kier alpha value is -1.07. The van der Waals surface area contributed by atoms with Crippen LogP contribution >= 0.6 is 15.9 Å². The normalized spacial score (nSPS) is 21.7. The van der Waals surface area contributed by atoms with Crippen molar-refractivity contribution in [1.82, 2.24) is 4.90 Å². The third-order valence-electron chi connectivity index (χ3n) is 3.49. The van der Waals surface area contributed by atoms with Crippen LogP contribution in [0.15, 0.2) is 22.7 Å². The third-order valence-corrected chi connectivity index (χ3v) is 4.19. The Labute approximate surface area is 121 Å². The van der Waals surface area contributed by atoms with Crippen molar-refractivity contribution >= 4 is 21.8 Å². The molecule has 0 unspecified atom stereocenters. The van der Waals surface area contributed by atoms with Crippen LogP contribution in [0.3, 0.4) is 0 Å². The lowest BCUT2D eigenvalue weighted by atomic mass is 9.82. The zero-order valence-corrected chi connectivity index (χ0v) is 12.7. The highest BCUT2D eigenvalue weighted by Crippen LogP contribution is 2.29. The number of aliphatic hydroxyl groups is 1. The lowest BCUT2D eigenvalue weighted by Gasteiger charge is -2.34. The summed E-state index contributed by atoms with van der Waals surface area (Å²) in [6, 6.07) is 5.36. The molecule has 4 nitrogen and oxygen atoms in total. The molecule has 1 aromatic carbocycles. The maximum Gasteiger partial charge on any atom is 0.254 e. The van der Waals surface area contributed by atoms with E-state index in [9.17, 15) is 9.90 Å². The Balaban J connectivity index is 2.05. The molecule has 0 bridgehead atoms. The molecule has 1 aromatic rings. The van der Waals surface area contributed by atoms with E-state index >= 15 is 0 Å². The van der Waals surface area contributed by atoms with Crippen molar-refractivity contribution in [2.75, 3.05) is 20.7 Å². The molecule has 0 heterocycles. The summed E-state index contributed by atoms with van der Waals surface area (Å²) in [6.07, 6.45) is 1.39. The van der Waals surface area contributed by atoms with Crippen LogP contribution in [0.5, 0.6) is 5.75 Å². The smallest absolute Gasteiger partial charge is 0.254 e. The maximum absolute atomic E-state index is 12.4. The number of benzene rings is 1. The molecule has 0 radical (unpaired) electrons. The van der Waals surface area contributed by atoms with Gasteiger partial charge >= 0.3 is 0 Å². The van der Waals surface area contributed by atoms with Crippen LogP contribution in [0.4, 0.5) is 0 Å². The van der Waals surface area contributed by atoms with Crippen molar-refractivity contribution in [3.8, 4) is 5.75 Å². The lowest BCUT2D eigenvalue weighted by Crippen LogP contribution is -2.39. The Morgan fingerprint density at radius 1 is 1.53 bits per heavy atom. The number of aliphatic hydroxyl groups excluding tert-OH is 1. The number of amides is 1. The molecule has 0 spiro atoms. The number of nitrogens with zero attached hydrogens (tertiary/aromatic N) is 1. The van der Waals surface area contributed by atoms with Crippen LogP contribution in [0.2, 0.25) is 0 Å². The summed E-state index contributed by atoms with van der Waals surface area (Å²) in [5.41, 5.74) is 0.599. The van der Waals surface area contributed by atoms with Crippen molar-refractivity contribution in [3.05, 3.63) is 28.2 Å². The van der Waals surface area contributed by atoms with E-state index in [0.717, 1.165) is 17.3 Å². The Kier molecular flexibility index (Phi) is 4.47. The Morgan fingerprint density at radius 2 is 2.21 bits per heavy atom. The summed E-state index contributed by atoms with van der Waals surface area (Å²) >= 11 is 3.39. The maximum atomic E-state index is 12.4. The highest BCUT2D eigenvalue weighted by atomic mass is 79.9. The fourth-order valence-electron chi connectivity index (χ4n) is 2.32. The van der Waals surface area contributed by atoms with E-state index in [1.165, 1.54) is 0 Å². The number of hydrogen-bond donors (Lipinski definition) is 1. The Bertz CT molecular complexity index is 472. The van der Waals surface area contributed by atoms with Gasteiger partial charge in [0.15, 0.2) is 0 Å². The van der Waals surface area contributed by atoms with Gasteiger partial charge in [-0.1, -0.05) is 0 Å². The third kappa shape index (κ3) is 3.28. The lowest BCUT2D eigenvalue weighted by molar-refractivity contribution is 0.0265.